The first kappa shape index (κ1) is 11.9. The Morgan fingerprint density at radius 2 is 1.75 bits per heavy atom. The molecular weight excluding hydrogens is 148 g/mol. The van der Waals surface area contributed by atoms with Crippen molar-refractivity contribution in [3.63, 3.8) is 0 Å². The highest BCUT2D eigenvalue weighted by Gasteiger charge is 2.16. The highest BCUT2D eigenvalue weighted by atomic mass is 14.8. The molecule has 0 aliphatic carbocycles. The van der Waals surface area contributed by atoms with E-state index in [9.17, 15) is 0 Å². The fourth-order valence-corrected chi connectivity index (χ4v) is 1.34. The minimum Gasteiger partial charge on any atom is -0.316 e. The summed E-state index contributed by atoms with van der Waals surface area (Å²) in [5.41, 5.74) is 11.4. The van der Waals surface area contributed by atoms with Gasteiger partial charge in [-0.05, 0) is 24.7 Å². The summed E-state index contributed by atoms with van der Waals surface area (Å²) in [6, 6.07) is 0. The fraction of sp³-hybridized carbons (Fsp3) is 1.00. The van der Waals surface area contributed by atoms with Gasteiger partial charge in [0, 0.05) is 0 Å². The Labute approximate surface area is 76.7 Å². The minimum atomic E-state index is -0.133. The summed E-state index contributed by atoms with van der Waals surface area (Å²) in [5.74, 6) is 0. The molecule has 0 radical (unpaired) electrons. The van der Waals surface area contributed by atoms with Crippen molar-refractivity contribution < 1.29 is 0 Å². The lowest BCUT2D eigenvalue weighted by molar-refractivity contribution is 0.281. The van der Waals surface area contributed by atoms with Gasteiger partial charge in [-0.1, -0.05) is 33.6 Å². The summed E-state index contributed by atoms with van der Waals surface area (Å²) in [5, 5.41) is 0. The largest absolute Gasteiger partial charge is 0.316 e. The van der Waals surface area contributed by atoms with Gasteiger partial charge in [-0.25, -0.2) is 0 Å². The summed E-state index contributed by atoms with van der Waals surface area (Å²) in [6.45, 7) is 6.82. The first-order valence-electron chi connectivity index (χ1n) is 4.99. The Kier molecular flexibility index (Phi) is 5.51. The molecule has 0 spiro atoms. The van der Waals surface area contributed by atoms with E-state index in [0.29, 0.717) is 5.41 Å². The maximum absolute atomic E-state index is 5.51. The van der Waals surface area contributed by atoms with Crippen LogP contribution in [0.2, 0.25) is 0 Å². The van der Waals surface area contributed by atoms with Crippen LogP contribution in [0, 0.1) is 5.41 Å². The molecule has 0 atom stereocenters. The van der Waals surface area contributed by atoms with E-state index in [1.165, 1.54) is 19.3 Å². The van der Waals surface area contributed by atoms with Crippen molar-refractivity contribution in [2.45, 2.75) is 59.0 Å². The Morgan fingerprint density at radius 3 is 2.17 bits per heavy atom. The van der Waals surface area contributed by atoms with E-state index in [4.69, 9.17) is 11.5 Å². The first-order chi connectivity index (χ1) is 5.48. The van der Waals surface area contributed by atoms with Crippen molar-refractivity contribution >= 4 is 0 Å². The molecule has 0 saturated heterocycles. The van der Waals surface area contributed by atoms with E-state index >= 15 is 0 Å². The Balaban J connectivity index is 3.56. The maximum Gasteiger partial charge on any atom is 0.0521 e. The summed E-state index contributed by atoms with van der Waals surface area (Å²) in [6.07, 6.45) is 5.83. The van der Waals surface area contributed by atoms with Crippen molar-refractivity contribution in [1.29, 1.82) is 0 Å². The van der Waals surface area contributed by atoms with Gasteiger partial charge in [0.05, 0.1) is 6.17 Å². The van der Waals surface area contributed by atoms with E-state index in [-0.39, 0.29) is 6.17 Å². The second-order valence-electron chi connectivity index (χ2n) is 4.47. The highest BCUT2D eigenvalue weighted by molar-refractivity contribution is 4.70. The fourth-order valence-electron chi connectivity index (χ4n) is 1.34. The van der Waals surface area contributed by atoms with Crippen molar-refractivity contribution in [3.05, 3.63) is 0 Å². The Bertz CT molecular complexity index is 108. The molecule has 74 valence electrons. The van der Waals surface area contributed by atoms with Gasteiger partial charge >= 0.3 is 0 Å². The zero-order chi connectivity index (χ0) is 9.61. The molecule has 0 unspecified atom stereocenters. The molecule has 0 aliphatic heterocycles. The smallest absolute Gasteiger partial charge is 0.0521 e. The Hall–Kier alpha value is -0.0800. The molecule has 0 fully saturated rings. The van der Waals surface area contributed by atoms with Gasteiger partial charge in [0.25, 0.3) is 0 Å². The van der Waals surface area contributed by atoms with E-state index in [1.807, 2.05) is 0 Å². The average Bonchev–Trinajstić information content (AvgIpc) is 1.98. The molecule has 0 aliphatic rings. The normalized spacial score (nSPS) is 12.5. The standard InChI is InChI=1S/C10H24N2/c1-4-5-7-10(2,3)8-6-9(11)12/h9H,4-8,11-12H2,1-3H3. The van der Waals surface area contributed by atoms with Crippen LogP contribution < -0.4 is 11.5 Å². The predicted octanol–water partition coefficient (Wildman–Crippen LogP) is 2.23. The van der Waals surface area contributed by atoms with Gasteiger partial charge < -0.3 is 11.5 Å². The van der Waals surface area contributed by atoms with Crippen LogP contribution in [-0.2, 0) is 0 Å². The molecule has 12 heavy (non-hydrogen) atoms. The molecular formula is C10H24N2. The number of rotatable bonds is 6. The van der Waals surface area contributed by atoms with Crippen molar-refractivity contribution in [2.75, 3.05) is 0 Å². The third kappa shape index (κ3) is 6.62. The second kappa shape index (κ2) is 5.55. The van der Waals surface area contributed by atoms with Gasteiger partial charge in [0.15, 0.2) is 0 Å². The van der Waals surface area contributed by atoms with Crippen molar-refractivity contribution in [3.8, 4) is 0 Å². The van der Waals surface area contributed by atoms with E-state index < -0.39 is 0 Å². The molecule has 0 rings (SSSR count). The number of unbranched alkanes of at least 4 members (excludes halogenated alkanes) is 1. The lowest BCUT2D eigenvalue weighted by Gasteiger charge is -2.25. The van der Waals surface area contributed by atoms with Crippen LogP contribution in [0.1, 0.15) is 52.9 Å². The van der Waals surface area contributed by atoms with Crippen LogP contribution in [0.4, 0.5) is 0 Å². The van der Waals surface area contributed by atoms with Gasteiger partial charge in [-0.15, -0.1) is 0 Å². The van der Waals surface area contributed by atoms with Gasteiger partial charge in [0.1, 0.15) is 0 Å². The quantitative estimate of drug-likeness (QED) is 0.604. The highest BCUT2D eigenvalue weighted by Crippen LogP contribution is 2.28. The minimum absolute atomic E-state index is 0.133. The second-order valence-corrected chi connectivity index (χ2v) is 4.47. The van der Waals surface area contributed by atoms with Gasteiger partial charge in [-0.3, -0.25) is 0 Å². The van der Waals surface area contributed by atoms with Crippen LogP contribution in [-0.4, -0.2) is 6.17 Å². The molecule has 0 bridgehead atoms. The lowest BCUT2D eigenvalue weighted by Crippen LogP contribution is -2.31. The molecule has 0 aromatic rings. The van der Waals surface area contributed by atoms with Crippen LogP contribution in [0.3, 0.4) is 0 Å². The molecule has 2 heteroatoms. The van der Waals surface area contributed by atoms with Crippen LogP contribution >= 0.6 is 0 Å². The molecule has 0 aromatic heterocycles. The summed E-state index contributed by atoms with van der Waals surface area (Å²) >= 11 is 0. The molecule has 0 saturated carbocycles. The topological polar surface area (TPSA) is 52.0 Å². The predicted molar refractivity (Wildman–Crippen MR) is 54.7 cm³/mol. The van der Waals surface area contributed by atoms with E-state index in [2.05, 4.69) is 20.8 Å². The summed E-state index contributed by atoms with van der Waals surface area (Å²) < 4.78 is 0. The van der Waals surface area contributed by atoms with E-state index in [1.54, 1.807) is 0 Å². The van der Waals surface area contributed by atoms with Crippen LogP contribution in [0.5, 0.6) is 0 Å². The van der Waals surface area contributed by atoms with Gasteiger partial charge in [-0.2, -0.15) is 0 Å². The molecule has 2 nitrogen and oxygen atoms in total. The molecule has 0 heterocycles. The SMILES string of the molecule is CCCCC(C)(C)CCC(N)N. The first-order valence-corrected chi connectivity index (χ1v) is 4.99. The molecule has 4 N–H and O–H groups in total. The van der Waals surface area contributed by atoms with E-state index in [0.717, 1.165) is 12.8 Å². The number of hydrogen-bond donors (Lipinski definition) is 2. The van der Waals surface area contributed by atoms with Gasteiger partial charge in [0.2, 0.25) is 0 Å². The Morgan fingerprint density at radius 1 is 1.17 bits per heavy atom. The molecule has 0 amide bonds. The summed E-state index contributed by atoms with van der Waals surface area (Å²) in [7, 11) is 0. The monoisotopic (exact) mass is 172 g/mol. The maximum atomic E-state index is 5.51. The van der Waals surface area contributed by atoms with Crippen molar-refractivity contribution in [2.24, 2.45) is 16.9 Å². The summed E-state index contributed by atoms with van der Waals surface area (Å²) in [4.78, 5) is 0. The van der Waals surface area contributed by atoms with Crippen LogP contribution in [0.25, 0.3) is 0 Å². The zero-order valence-electron chi connectivity index (χ0n) is 8.77. The number of hydrogen-bond acceptors (Lipinski definition) is 2. The van der Waals surface area contributed by atoms with Crippen molar-refractivity contribution in [1.82, 2.24) is 0 Å². The lowest BCUT2D eigenvalue weighted by atomic mass is 9.82. The van der Waals surface area contributed by atoms with Crippen LogP contribution in [0.15, 0.2) is 0 Å². The number of nitrogens with two attached hydrogens (primary N) is 2. The zero-order valence-corrected chi connectivity index (χ0v) is 8.77. The molecule has 0 aromatic carbocycles. The average molecular weight is 172 g/mol. The third-order valence-electron chi connectivity index (χ3n) is 2.36. The third-order valence-corrected chi connectivity index (χ3v) is 2.36.